The summed E-state index contributed by atoms with van der Waals surface area (Å²) in [5.41, 5.74) is 6.45. The first-order chi connectivity index (χ1) is 10.9. The summed E-state index contributed by atoms with van der Waals surface area (Å²) in [6.07, 6.45) is 1.42. The molecule has 120 valence electrons. The van der Waals surface area contributed by atoms with Crippen molar-refractivity contribution in [3.63, 3.8) is 0 Å². The van der Waals surface area contributed by atoms with Crippen LogP contribution in [-0.4, -0.2) is 24.8 Å². The Morgan fingerprint density at radius 2 is 2.09 bits per heavy atom. The fourth-order valence-corrected chi connectivity index (χ4v) is 4.24. The summed E-state index contributed by atoms with van der Waals surface area (Å²) < 4.78 is 12.6. The van der Waals surface area contributed by atoms with Crippen LogP contribution in [0.2, 0.25) is 5.02 Å². The van der Waals surface area contributed by atoms with Gasteiger partial charge < -0.3 is 19.8 Å². The van der Waals surface area contributed by atoms with Crippen molar-refractivity contribution in [3.05, 3.63) is 37.5 Å². The van der Waals surface area contributed by atoms with Crippen LogP contribution in [-0.2, 0) is 4.74 Å². The highest BCUT2D eigenvalue weighted by atomic mass is 79.9. The molecule has 0 saturated carbocycles. The predicted molar refractivity (Wildman–Crippen MR) is 93.2 cm³/mol. The molecule has 6 nitrogen and oxygen atoms in total. The topological polar surface area (TPSA) is 90.3 Å². The lowest BCUT2D eigenvalue weighted by atomic mass is 10.2. The molecule has 23 heavy (non-hydrogen) atoms. The van der Waals surface area contributed by atoms with Crippen molar-refractivity contribution in [2.45, 2.75) is 0 Å². The highest BCUT2D eigenvalue weighted by Gasteiger charge is 2.26. The first kappa shape index (κ1) is 17.7. The maximum Gasteiger partial charge on any atom is 0.357 e. The summed E-state index contributed by atoms with van der Waals surface area (Å²) in [4.78, 5) is 12.1. The highest BCUT2D eigenvalue weighted by Crippen LogP contribution is 2.43. The zero-order chi connectivity index (χ0) is 17.3. The molecule has 0 aliphatic heterocycles. The van der Waals surface area contributed by atoms with Gasteiger partial charge >= 0.3 is 5.97 Å². The van der Waals surface area contributed by atoms with Crippen LogP contribution in [0.4, 0.5) is 5.69 Å². The number of rotatable bonds is 3. The molecule has 0 radical (unpaired) electrons. The molecule has 9 heteroatoms. The van der Waals surface area contributed by atoms with Crippen molar-refractivity contribution >= 4 is 55.1 Å². The third-order valence-corrected chi connectivity index (χ3v) is 4.71. The standard InChI is InChI=1S/C14H10Br2ClN3O3/c1-22-13-7(15)3-8(17)11(9(13)16)20-5-6(4-18)10(19)12(20)14(21)23-2/h3,5H,19H2,1-2H3. The molecular formula is C14H10Br2ClN3O3. The molecule has 0 unspecified atom stereocenters. The second-order valence-corrected chi connectivity index (χ2v) is 6.37. The van der Waals surface area contributed by atoms with Crippen LogP contribution in [0.15, 0.2) is 21.2 Å². The summed E-state index contributed by atoms with van der Waals surface area (Å²) in [6, 6.07) is 3.55. The Labute approximate surface area is 154 Å². The Morgan fingerprint density at radius 3 is 2.61 bits per heavy atom. The van der Waals surface area contributed by atoms with Gasteiger partial charge in [0.1, 0.15) is 11.8 Å². The third kappa shape index (κ3) is 2.92. The minimum atomic E-state index is -0.686. The number of ether oxygens (including phenoxy) is 2. The van der Waals surface area contributed by atoms with Gasteiger partial charge in [0.2, 0.25) is 0 Å². The zero-order valence-electron chi connectivity index (χ0n) is 12.0. The van der Waals surface area contributed by atoms with E-state index in [9.17, 15) is 4.79 Å². The van der Waals surface area contributed by atoms with Crippen molar-refractivity contribution in [2.75, 3.05) is 20.0 Å². The van der Waals surface area contributed by atoms with Crippen LogP contribution in [0.5, 0.6) is 5.75 Å². The Hall–Kier alpha value is -1.69. The van der Waals surface area contributed by atoms with Crippen molar-refractivity contribution in [1.82, 2.24) is 4.57 Å². The second-order valence-electron chi connectivity index (χ2n) is 4.31. The van der Waals surface area contributed by atoms with Gasteiger partial charge in [-0.1, -0.05) is 11.6 Å². The van der Waals surface area contributed by atoms with E-state index in [1.807, 2.05) is 6.07 Å². The van der Waals surface area contributed by atoms with E-state index in [4.69, 9.17) is 32.1 Å². The van der Waals surface area contributed by atoms with E-state index in [0.29, 0.717) is 25.4 Å². The number of nitrogens with zero attached hydrogens (tertiary/aromatic N) is 2. The Balaban J connectivity index is 2.88. The number of anilines is 1. The third-order valence-electron chi connectivity index (χ3n) is 3.09. The molecular weight excluding hydrogens is 453 g/mol. The molecule has 0 aliphatic rings. The van der Waals surface area contributed by atoms with Gasteiger partial charge in [-0.2, -0.15) is 5.26 Å². The van der Waals surface area contributed by atoms with Gasteiger partial charge in [0.15, 0.2) is 5.69 Å². The molecule has 0 saturated heterocycles. The van der Waals surface area contributed by atoms with E-state index in [1.165, 1.54) is 25.0 Å². The quantitative estimate of drug-likeness (QED) is 0.698. The Morgan fingerprint density at radius 1 is 1.43 bits per heavy atom. The lowest BCUT2D eigenvalue weighted by Crippen LogP contribution is -2.12. The van der Waals surface area contributed by atoms with Crippen molar-refractivity contribution in [2.24, 2.45) is 0 Å². The number of nitrogen functional groups attached to an aromatic ring is 1. The van der Waals surface area contributed by atoms with Gasteiger partial charge in [-0.15, -0.1) is 0 Å². The van der Waals surface area contributed by atoms with Gasteiger partial charge in [0.05, 0.1) is 45.1 Å². The summed E-state index contributed by atoms with van der Waals surface area (Å²) in [6.45, 7) is 0. The number of aromatic nitrogens is 1. The smallest absolute Gasteiger partial charge is 0.357 e. The molecule has 2 aromatic rings. The second kappa shape index (κ2) is 6.83. The molecule has 0 atom stereocenters. The van der Waals surface area contributed by atoms with E-state index in [0.717, 1.165) is 0 Å². The number of hydrogen-bond acceptors (Lipinski definition) is 5. The lowest BCUT2D eigenvalue weighted by Gasteiger charge is -2.16. The Bertz CT molecular complexity index is 843. The predicted octanol–water partition coefficient (Wildman–Crippen LogP) is 3.90. The van der Waals surface area contributed by atoms with Crippen molar-refractivity contribution in [1.29, 1.82) is 5.26 Å². The average Bonchev–Trinajstić information content (AvgIpc) is 2.83. The maximum atomic E-state index is 12.1. The summed E-state index contributed by atoms with van der Waals surface area (Å²) in [5.74, 6) is -0.208. The monoisotopic (exact) mass is 461 g/mol. The summed E-state index contributed by atoms with van der Waals surface area (Å²) >= 11 is 13.1. The van der Waals surface area contributed by atoms with Crippen LogP contribution in [0.3, 0.4) is 0 Å². The van der Waals surface area contributed by atoms with Crippen molar-refractivity contribution < 1.29 is 14.3 Å². The van der Waals surface area contributed by atoms with E-state index >= 15 is 0 Å². The molecule has 1 aromatic heterocycles. The van der Waals surface area contributed by atoms with Crippen LogP contribution in [0.1, 0.15) is 16.1 Å². The van der Waals surface area contributed by atoms with Gasteiger partial charge in [0, 0.05) is 6.20 Å². The largest absolute Gasteiger partial charge is 0.494 e. The zero-order valence-corrected chi connectivity index (χ0v) is 15.9. The number of benzene rings is 1. The van der Waals surface area contributed by atoms with Gasteiger partial charge in [-0.3, -0.25) is 0 Å². The number of carbonyl (C=O) groups is 1. The highest BCUT2D eigenvalue weighted by molar-refractivity contribution is 9.11. The lowest BCUT2D eigenvalue weighted by molar-refractivity contribution is 0.0593. The average molecular weight is 464 g/mol. The van der Waals surface area contributed by atoms with Gasteiger partial charge in [-0.05, 0) is 37.9 Å². The number of hydrogen-bond donors (Lipinski definition) is 1. The van der Waals surface area contributed by atoms with E-state index in [1.54, 1.807) is 6.07 Å². The van der Waals surface area contributed by atoms with Crippen LogP contribution < -0.4 is 10.5 Å². The fraction of sp³-hybridized carbons (Fsp3) is 0.143. The molecule has 0 amide bonds. The number of nitrogens with two attached hydrogens (primary N) is 1. The van der Waals surface area contributed by atoms with Crippen LogP contribution >= 0.6 is 43.5 Å². The van der Waals surface area contributed by atoms with Gasteiger partial charge in [-0.25, -0.2) is 4.79 Å². The first-order valence-electron chi connectivity index (χ1n) is 6.08. The molecule has 0 aliphatic carbocycles. The molecule has 1 aromatic carbocycles. The maximum absolute atomic E-state index is 12.1. The first-order valence-corrected chi connectivity index (χ1v) is 8.04. The van der Waals surface area contributed by atoms with Crippen LogP contribution in [0.25, 0.3) is 5.69 Å². The molecule has 0 spiro atoms. The fourth-order valence-electron chi connectivity index (χ4n) is 2.06. The number of nitriles is 1. The summed E-state index contributed by atoms with van der Waals surface area (Å²) in [5, 5.41) is 9.48. The number of esters is 1. The van der Waals surface area contributed by atoms with E-state index < -0.39 is 5.97 Å². The molecule has 2 N–H and O–H groups in total. The minimum Gasteiger partial charge on any atom is -0.494 e. The molecule has 2 rings (SSSR count). The number of halogens is 3. The van der Waals surface area contributed by atoms with Crippen LogP contribution in [0, 0.1) is 11.3 Å². The Kier molecular flexibility index (Phi) is 5.24. The van der Waals surface area contributed by atoms with E-state index in [-0.39, 0.29) is 16.9 Å². The molecule has 0 fully saturated rings. The van der Waals surface area contributed by atoms with Crippen molar-refractivity contribution in [3.8, 4) is 17.5 Å². The number of methoxy groups -OCH3 is 2. The number of carbonyl (C=O) groups excluding carboxylic acids is 1. The molecule has 0 bridgehead atoms. The van der Waals surface area contributed by atoms with E-state index in [2.05, 4.69) is 31.9 Å². The summed E-state index contributed by atoms with van der Waals surface area (Å²) in [7, 11) is 2.72. The SMILES string of the molecule is COC(=O)c1c(N)c(C#N)cn1-c1c(Cl)cc(Br)c(OC)c1Br. The van der Waals surface area contributed by atoms with Gasteiger partial charge in [0.25, 0.3) is 0 Å². The normalized spacial score (nSPS) is 10.3. The minimum absolute atomic E-state index is 0.0102. The molecule has 1 heterocycles.